The van der Waals surface area contributed by atoms with Crippen LogP contribution in [-0.4, -0.2) is 11.2 Å². The predicted molar refractivity (Wildman–Crippen MR) is 79.3 cm³/mol. The van der Waals surface area contributed by atoms with Crippen LogP contribution in [0.4, 0.5) is 5.69 Å². The van der Waals surface area contributed by atoms with Gasteiger partial charge in [-0.3, -0.25) is 14.9 Å². The van der Waals surface area contributed by atoms with Crippen molar-refractivity contribution in [2.45, 2.75) is 6.61 Å². The van der Waals surface area contributed by atoms with Gasteiger partial charge in [-0.25, -0.2) is 0 Å². The Balaban J connectivity index is 2.27. The molecule has 0 radical (unpaired) electrons. The number of hydrogen-bond donors (Lipinski definition) is 0. The molecule has 0 bridgehead atoms. The monoisotopic (exact) mass is 325 g/mol. The van der Waals surface area contributed by atoms with Gasteiger partial charge in [0, 0.05) is 11.1 Å². The third-order valence-electron chi connectivity index (χ3n) is 2.76. The standard InChI is InChI=1S/C14H9Cl2NO4/c15-10-5-4-9(13(6-10)17(19)20)8-21-14-3-1-2-12(16)11(14)7-18/h1-7H,8H2. The summed E-state index contributed by atoms with van der Waals surface area (Å²) in [5, 5.41) is 11.5. The zero-order valence-corrected chi connectivity index (χ0v) is 12.1. The van der Waals surface area contributed by atoms with Crippen LogP contribution in [0.25, 0.3) is 0 Å². The van der Waals surface area contributed by atoms with Crippen molar-refractivity contribution in [3.63, 3.8) is 0 Å². The molecular formula is C14H9Cl2NO4. The second kappa shape index (κ2) is 6.56. The van der Waals surface area contributed by atoms with Crippen molar-refractivity contribution in [1.29, 1.82) is 0 Å². The van der Waals surface area contributed by atoms with Gasteiger partial charge >= 0.3 is 0 Å². The average Bonchev–Trinajstić information content (AvgIpc) is 2.45. The van der Waals surface area contributed by atoms with Gasteiger partial charge in [-0.15, -0.1) is 0 Å². The molecular weight excluding hydrogens is 317 g/mol. The van der Waals surface area contributed by atoms with E-state index in [1.54, 1.807) is 18.2 Å². The molecule has 0 spiro atoms. The lowest BCUT2D eigenvalue weighted by Gasteiger charge is -2.09. The number of hydrogen-bond acceptors (Lipinski definition) is 4. The van der Waals surface area contributed by atoms with Gasteiger partial charge < -0.3 is 4.74 Å². The minimum atomic E-state index is -0.539. The maximum absolute atomic E-state index is 11.0. The van der Waals surface area contributed by atoms with Gasteiger partial charge in [-0.05, 0) is 24.3 Å². The van der Waals surface area contributed by atoms with Crippen LogP contribution >= 0.6 is 23.2 Å². The molecule has 2 aromatic rings. The van der Waals surface area contributed by atoms with Gasteiger partial charge in [0.25, 0.3) is 5.69 Å². The third-order valence-corrected chi connectivity index (χ3v) is 3.32. The second-order valence-electron chi connectivity index (χ2n) is 4.09. The van der Waals surface area contributed by atoms with Gasteiger partial charge in [0.1, 0.15) is 12.4 Å². The largest absolute Gasteiger partial charge is 0.488 e. The molecule has 5 nitrogen and oxygen atoms in total. The summed E-state index contributed by atoms with van der Waals surface area (Å²) in [6.07, 6.45) is 0.577. The Morgan fingerprint density at radius 1 is 1.24 bits per heavy atom. The SMILES string of the molecule is O=Cc1c(Cl)cccc1OCc1ccc(Cl)cc1[N+](=O)[O-]. The van der Waals surface area contributed by atoms with E-state index in [1.165, 1.54) is 18.2 Å². The van der Waals surface area contributed by atoms with Crippen LogP contribution in [0.1, 0.15) is 15.9 Å². The molecule has 7 heteroatoms. The first-order chi connectivity index (χ1) is 10.0. The molecule has 0 saturated carbocycles. The van der Waals surface area contributed by atoms with Crippen LogP contribution in [0.2, 0.25) is 10.0 Å². The summed E-state index contributed by atoms with van der Waals surface area (Å²) in [6, 6.07) is 9.04. The molecule has 0 N–H and O–H groups in total. The zero-order valence-electron chi connectivity index (χ0n) is 10.6. The van der Waals surface area contributed by atoms with Crippen LogP contribution in [0.5, 0.6) is 5.75 Å². The fraction of sp³-hybridized carbons (Fsp3) is 0.0714. The van der Waals surface area contributed by atoms with E-state index in [9.17, 15) is 14.9 Å². The van der Waals surface area contributed by atoms with Crippen molar-refractivity contribution in [3.8, 4) is 5.75 Å². The maximum atomic E-state index is 11.0. The highest BCUT2D eigenvalue weighted by Crippen LogP contribution is 2.28. The molecule has 0 saturated heterocycles. The summed E-state index contributed by atoms with van der Waals surface area (Å²) < 4.78 is 5.46. The quantitative estimate of drug-likeness (QED) is 0.467. The summed E-state index contributed by atoms with van der Waals surface area (Å²) in [4.78, 5) is 21.4. The first kappa shape index (κ1) is 15.3. The van der Waals surface area contributed by atoms with E-state index < -0.39 is 4.92 Å². The first-order valence-corrected chi connectivity index (χ1v) is 6.58. The van der Waals surface area contributed by atoms with Crippen LogP contribution < -0.4 is 4.74 Å². The number of carbonyl (C=O) groups is 1. The number of nitrogens with zero attached hydrogens (tertiary/aromatic N) is 1. The molecule has 2 aromatic carbocycles. The molecule has 0 amide bonds. The molecule has 0 aliphatic heterocycles. The van der Waals surface area contributed by atoms with E-state index in [0.29, 0.717) is 11.8 Å². The van der Waals surface area contributed by atoms with Crippen molar-refractivity contribution >= 4 is 35.2 Å². The lowest BCUT2D eigenvalue weighted by atomic mass is 10.2. The topological polar surface area (TPSA) is 69.4 Å². The van der Waals surface area contributed by atoms with Crippen molar-refractivity contribution in [2.24, 2.45) is 0 Å². The Hall–Kier alpha value is -2.11. The van der Waals surface area contributed by atoms with E-state index in [1.807, 2.05) is 0 Å². The Bertz CT molecular complexity index is 703. The van der Waals surface area contributed by atoms with Gasteiger partial charge in [0.2, 0.25) is 0 Å². The van der Waals surface area contributed by atoms with Crippen LogP contribution in [0.3, 0.4) is 0 Å². The lowest BCUT2D eigenvalue weighted by molar-refractivity contribution is -0.385. The van der Waals surface area contributed by atoms with Crippen molar-refractivity contribution in [1.82, 2.24) is 0 Å². The van der Waals surface area contributed by atoms with Gasteiger partial charge in [-0.2, -0.15) is 0 Å². The molecule has 0 aliphatic carbocycles. The summed E-state index contributed by atoms with van der Waals surface area (Å²) in [5.41, 5.74) is 0.411. The Morgan fingerprint density at radius 2 is 2.00 bits per heavy atom. The molecule has 0 fully saturated rings. The van der Waals surface area contributed by atoms with Crippen molar-refractivity contribution < 1.29 is 14.5 Å². The highest BCUT2D eigenvalue weighted by Gasteiger charge is 2.16. The van der Waals surface area contributed by atoms with E-state index in [4.69, 9.17) is 27.9 Å². The average molecular weight is 326 g/mol. The maximum Gasteiger partial charge on any atom is 0.277 e. The molecule has 0 heterocycles. The van der Waals surface area contributed by atoms with Crippen molar-refractivity contribution in [2.75, 3.05) is 0 Å². The fourth-order valence-corrected chi connectivity index (χ4v) is 2.12. The number of rotatable bonds is 5. The van der Waals surface area contributed by atoms with Gasteiger partial charge in [0.15, 0.2) is 6.29 Å². The van der Waals surface area contributed by atoms with Gasteiger partial charge in [0.05, 0.1) is 21.1 Å². The number of ether oxygens (including phenoxy) is 1. The van der Waals surface area contributed by atoms with Crippen LogP contribution in [0.15, 0.2) is 36.4 Å². The molecule has 2 rings (SSSR count). The number of aldehydes is 1. The highest BCUT2D eigenvalue weighted by molar-refractivity contribution is 6.33. The predicted octanol–water partition coefficient (Wildman–Crippen LogP) is 4.29. The molecule has 108 valence electrons. The third kappa shape index (κ3) is 3.51. The number of benzene rings is 2. The smallest absolute Gasteiger partial charge is 0.277 e. The van der Waals surface area contributed by atoms with Crippen LogP contribution in [-0.2, 0) is 6.61 Å². The number of nitro benzene ring substituents is 1. The van der Waals surface area contributed by atoms with E-state index in [2.05, 4.69) is 0 Å². The summed E-state index contributed by atoms with van der Waals surface area (Å²) in [7, 11) is 0. The first-order valence-electron chi connectivity index (χ1n) is 5.82. The molecule has 0 atom stereocenters. The summed E-state index contributed by atoms with van der Waals surface area (Å²) in [6.45, 7) is -0.0747. The Morgan fingerprint density at radius 3 is 2.67 bits per heavy atom. The zero-order chi connectivity index (χ0) is 15.4. The van der Waals surface area contributed by atoms with E-state index in [0.717, 1.165) is 0 Å². The second-order valence-corrected chi connectivity index (χ2v) is 4.93. The molecule has 0 aliphatic rings. The Kier molecular flexibility index (Phi) is 4.77. The lowest BCUT2D eigenvalue weighted by Crippen LogP contribution is -2.02. The Labute approximate surface area is 130 Å². The van der Waals surface area contributed by atoms with Gasteiger partial charge in [-0.1, -0.05) is 29.3 Å². The fourth-order valence-electron chi connectivity index (χ4n) is 1.74. The molecule has 21 heavy (non-hydrogen) atoms. The number of carbonyl (C=O) groups excluding carboxylic acids is 1. The minimum Gasteiger partial charge on any atom is -0.488 e. The highest BCUT2D eigenvalue weighted by atomic mass is 35.5. The number of halogens is 2. The number of nitro groups is 1. The summed E-state index contributed by atoms with van der Waals surface area (Å²) in [5.74, 6) is 0.266. The minimum absolute atomic E-state index is 0.0747. The molecule has 0 unspecified atom stereocenters. The van der Waals surface area contributed by atoms with Crippen LogP contribution in [0, 0.1) is 10.1 Å². The summed E-state index contributed by atoms with van der Waals surface area (Å²) >= 11 is 11.6. The molecule has 0 aromatic heterocycles. The van der Waals surface area contributed by atoms with E-state index in [-0.39, 0.29) is 33.7 Å². The van der Waals surface area contributed by atoms with E-state index >= 15 is 0 Å². The van der Waals surface area contributed by atoms with Crippen molar-refractivity contribution in [3.05, 3.63) is 67.7 Å². The normalized spacial score (nSPS) is 10.2.